The molecule has 10 heavy (non-hydrogen) atoms. The highest BCUT2D eigenvalue weighted by Gasteiger charge is 2.04. The second-order valence-electron chi connectivity index (χ2n) is 2.60. The van der Waals surface area contributed by atoms with Crippen LogP contribution in [0.15, 0.2) is 12.2 Å². The molecule has 0 heterocycles. The molecule has 0 radical (unpaired) electrons. The highest BCUT2D eigenvalue weighted by Crippen LogP contribution is 2.05. The van der Waals surface area contributed by atoms with E-state index >= 15 is 0 Å². The van der Waals surface area contributed by atoms with Gasteiger partial charge in [0, 0.05) is 6.42 Å². The Balaban J connectivity index is 3.49. The van der Waals surface area contributed by atoms with Crippen molar-refractivity contribution in [2.45, 2.75) is 32.8 Å². The van der Waals surface area contributed by atoms with Crippen molar-refractivity contribution < 1.29 is 9.90 Å². The number of hydrogen-bond acceptors (Lipinski definition) is 2. The summed E-state index contributed by atoms with van der Waals surface area (Å²) in [4.78, 5) is 10.4. The van der Waals surface area contributed by atoms with Crippen molar-refractivity contribution in [3.63, 3.8) is 0 Å². The topological polar surface area (TPSA) is 37.3 Å². The number of rotatable bonds is 4. The van der Waals surface area contributed by atoms with Crippen molar-refractivity contribution in [1.82, 2.24) is 0 Å². The van der Waals surface area contributed by atoms with Crippen LogP contribution in [0.2, 0.25) is 0 Å². The summed E-state index contributed by atoms with van der Waals surface area (Å²) in [6.45, 7) is 6.85. The fourth-order valence-corrected chi connectivity index (χ4v) is 0.586. The fourth-order valence-electron chi connectivity index (χ4n) is 0.586. The third kappa shape index (κ3) is 4.27. The van der Waals surface area contributed by atoms with E-state index in [0.29, 0.717) is 12.8 Å². The van der Waals surface area contributed by atoms with Gasteiger partial charge in [-0.1, -0.05) is 12.2 Å². The molecule has 0 aliphatic rings. The SMILES string of the molecule is C=C(C)C(O)CCC(C)=O. The molecular weight excluding hydrogens is 128 g/mol. The van der Waals surface area contributed by atoms with E-state index in [1.54, 1.807) is 6.92 Å². The standard InChI is InChI=1S/C8H14O2/c1-6(2)8(10)5-4-7(3)9/h8,10H,1,4-5H2,2-3H3. The number of carbonyl (C=O) groups is 1. The summed E-state index contributed by atoms with van der Waals surface area (Å²) in [5.41, 5.74) is 0.723. The van der Waals surface area contributed by atoms with Gasteiger partial charge in [0.25, 0.3) is 0 Å². The highest BCUT2D eigenvalue weighted by atomic mass is 16.3. The number of ketones is 1. The second-order valence-corrected chi connectivity index (χ2v) is 2.60. The number of aliphatic hydroxyl groups is 1. The summed E-state index contributed by atoms with van der Waals surface area (Å²) >= 11 is 0. The van der Waals surface area contributed by atoms with Crippen molar-refractivity contribution >= 4 is 5.78 Å². The summed E-state index contributed by atoms with van der Waals surface area (Å²) in [6.07, 6.45) is 0.433. The molecule has 0 fully saturated rings. The molecule has 0 aromatic heterocycles. The van der Waals surface area contributed by atoms with Crippen LogP contribution in [0.5, 0.6) is 0 Å². The van der Waals surface area contributed by atoms with E-state index in [2.05, 4.69) is 6.58 Å². The van der Waals surface area contributed by atoms with Crippen LogP contribution in [-0.4, -0.2) is 17.0 Å². The first kappa shape index (κ1) is 9.37. The van der Waals surface area contributed by atoms with Gasteiger partial charge >= 0.3 is 0 Å². The Hall–Kier alpha value is -0.630. The molecule has 1 N–H and O–H groups in total. The van der Waals surface area contributed by atoms with Gasteiger partial charge in [0.05, 0.1) is 6.10 Å². The molecule has 1 atom stereocenters. The summed E-state index contributed by atoms with van der Waals surface area (Å²) in [5.74, 6) is 0.111. The molecule has 0 amide bonds. The number of aliphatic hydroxyl groups excluding tert-OH is 1. The van der Waals surface area contributed by atoms with Gasteiger partial charge in [0.15, 0.2) is 0 Å². The van der Waals surface area contributed by atoms with Gasteiger partial charge in [-0.25, -0.2) is 0 Å². The Kier molecular flexibility index (Phi) is 3.96. The first-order valence-electron chi connectivity index (χ1n) is 3.37. The van der Waals surface area contributed by atoms with E-state index in [0.717, 1.165) is 5.57 Å². The van der Waals surface area contributed by atoms with Gasteiger partial charge in [-0.3, -0.25) is 0 Å². The minimum atomic E-state index is -0.510. The van der Waals surface area contributed by atoms with E-state index in [4.69, 9.17) is 5.11 Å². The zero-order valence-electron chi connectivity index (χ0n) is 6.55. The van der Waals surface area contributed by atoms with Gasteiger partial charge in [0.2, 0.25) is 0 Å². The maximum atomic E-state index is 10.4. The van der Waals surface area contributed by atoms with Crippen LogP contribution in [0.4, 0.5) is 0 Å². The third-order valence-corrected chi connectivity index (χ3v) is 1.34. The maximum absolute atomic E-state index is 10.4. The van der Waals surface area contributed by atoms with Gasteiger partial charge in [-0.05, 0) is 20.3 Å². The van der Waals surface area contributed by atoms with E-state index in [9.17, 15) is 4.79 Å². The predicted octanol–water partition coefficient (Wildman–Crippen LogP) is 1.29. The molecule has 2 nitrogen and oxygen atoms in total. The van der Waals surface area contributed by atoms with E-state index in [-0.39, 0.29) is 5.78 Å². The lowest BCUT2D eigenvalue weighted by Gasteiger charge is -2.07. The Morgan fingerprint density at radius 2 is 2.10 bits per heavy atom. The zero-order valence-corrected chi connectivity index (χ0v) is 6.55. The van der Waals surface area contributed by atoms with E-state index < -0.39 is 6.10 Å². The van der Waals surface area contributed by atoms with Crippen molar-refractivity contribution in [1.29, 1.82) is 0 Å². The molecule has 0 saturated heterocycles. The molecule has 1 unspecified atom stereocenters. The molecule has 0 saturated carbocycles. The molecule has 0 bridgehead atoms. The number of carbonyl (C=O) groups excluding carboxylic acids is 1. The summed E-state index contributed by atoms with van der Waals surface area (Å²) in [5, 5.41) is 9.12. The summed E-state index contributed by atoms with van der Waals surface area (Å²) < 4.78 is 0. The normalized spacial score (nSPS) is 12.7. The average molecular weight is 142 g/mol. The highest BCUT2D eigenvalue weighted by molar-refractivity contribution is 5.75. The second kappa shape index (κ2) is 4.23. The molecule has 0 aromatic carbocycles. The molecule has 0 aliphatic carbocycles. The quantitative estimate of drug-likeness (QED) is 0.600. The van der Waals surface area contributed by atoms with Crippen molar-refractivity contribution in [3.05, 3.63) is 12.2 Å². The van der Waals surface area contributed by atoms with Crippen LogP contribution in [0, 0.1) is 0 Å². The largest absolute Gasteiger partial charge is 0.389 e. The molecule has 2 heteroatoms. The van der Waals surface area contributed by atoms with Crippen LogP contribution >= 0.6 is 0 Å². The molecule has 0 aliphatic heterocycles. The minimum absolute atomic E-state index is 0.111. The fraction of sp³-hybridized carbons (Fsp3) is 0.625. The lowest BCUT2D eigenvalue weighted by Crippen LogP contribution is -2.08. The average Bonchev–Trinajstić information content (AvgIpc) is 1.82. The summed E-state index contributed by atoms with van der Waals surface area (Å²) in [6, 6.07) is 0. The molecule has 0 spiro atoms. The first-order valence-corrected chi connectivity index (χ1v) is 3.37. The Morgan fingerprint density at radius 3 is 2.40 bits per heavy atom. The molecule has 0 rings (SSSR count). The lowest BCUT2D eigenvalue weighted by atomic mass is 10.1. The minimum Gasteiger partial charge on any atom is -0.389 e. The zero-order chi connectivity index (χ0) is 8.15. The van der Waals surface area contributed by atoms with Crippen LogP contribution in [-0.2, 0) is 4.79 Å². The Morgan fingerprint density at radius 1 is 1.60 bits per heavy atom. The number of Topliss-reactive ketones (excluding diaryl/α,β-unsaturated/α-hetero) is 1. The van der Waals surface area contributed by atoms with Crippen LogP contribution in [0.1, 0.15) is 26.7 Å². The molecule has 58 valence electrons. The van der Waals surface area contributed by atoms with Crippen LogP contribution in [0.3, 0.4) is 0 Å². The van der Waals surface area contributed by atoms with Crippen molar-refractivity contribution in [2.24, 2.45) is 0 Å². The van der Waals surface area contributed by atoms with Gasteiger partial charge in [0.1, 0.15) is 5.78 Å². The van der Waals surface area contributed by atoms with Crippen molar-refractivity contribution in [3.8, 4) is 0 Å². The third-order valence-electron chi connectivity index (χ3n) is 1.34. The first-order chi connectivity index (χ1) is 4.54. The smallest absolute Gasteiger partial charge is 0.129 e. The van der Waals surface area contributed by atoms with Gasteiger partial charge in [-0.2, -0.15) is 0 Å². The Labute approximate surface area is 61.6 Å². The van der Waals surface area contributed by atoms with Crippen LogP contribution < -0.4 is 0 Å². The Bertz CT molecular complexity index is 138. The van der Waals surface area contributed by atoms with Gasteiger partial charge < -0.3 is 9.90 Å². The molecule has 0 aromatic rings. The monoisotopic (exact) mass is 142 g/mol. The lowest BCUT2D eigenvalue weighted by molar-refractivity contribution is -0.117. The molecular formula is C8H14O2. The number of hydrogen-bond donors (Lipinski definition) is 1. The van der Waals surface area contributed by atoms with Gasteiger partial charge in [-0.15, -0.1) is 0 Å². The maximum Gasteiger partial charge on any atom is 0.129 e. The van der Waals surface area contributed by atoms with E-state index in [1.807, 2.05) is 0 Å². The van der Waals surface area contributed by atoms with E-state index in [1.165, 1.54) is 6.92 Å². The summed E-state index contributed by atoms with van der Waals surface area (Å²) in [7, 11) is 0. The van der Waals surface area contributed by atoms with Crippen LogP contribution in [0.25, 0.3) is 0 Å². The predicted molar refractivity (Wildman–Crippen MR) is 40.7 cm³/mol. The van der Waals surface area contributed by atoms with Crippen molar-refractivity contribution in [2.75, 3.05) is 0 Å².